The summed E-state index contributed by atoms with van der Waals surface area (Å²) < 4.78 is 0.860. The average molecular weight is 374 g/mol. The molecule has 116 valence electrons. The molecule has 0 saturated carbocycles. The number of carbonyl (C=O) groups is 1. The molecular weight excluding hydrogens is 362 g/mol. The van der Waals surface area contributed by atoms with Gasteiger partial charge in [-0.25, -0.2) is 0 Å². The predicted molar refractivity (Wildman–Crippen MR) is 92.0 cm³/mol. The van der Waals surface area contributed by atoms with Gasteiger partial charge in [0.1, 0.15) is 0 Å². The van der Waals surface area contributed by atoms with Crippen molar-refractivity contribution in [2.45, 2.75) is 6.92 Å². The van der Waals surface area contributed by atoms with Crippen molar-refractivity contribution in [2.24, 2.45) is 0 Å². The summed E-state index contributed by atoms with van der Waals surface area (Å²) in [7, 11) is 0. The highest BCUT2D eigenvalue weighted by molar-refractivity contribution is 9.10. The molecular formula is C16H12BrN3O3. The summed E-state index contributed by atoms with van der Waals surface area (Å²) in [5.41, 5.74) is 1.38. The van der Waals surface area contributed by atoms with Crippen molar-refractivity contribution in [3.63, 3.8) is 0 Å². The third-order valence-corrected chi connectivity index (χ3v) is 3.93. The van der Waals surface area contributed by atoms with Crippen LogP contribution in [-0.2, 0) is 0 Å². The van der Waals surface area contributed by atoms with E-state index in [9.17, 15) is 14.4 Å². The minimum atomic E-state index is -0.752. The van der Waals surface area contributed by atoms with Crippen molar-refractivity contribution in [2.75, 3.05) is 5.32 Å². The highest BCUT2D eigenvalue weighted by Gasteiger charge is 2.10. The number of fused-ring (bicyclic) bond motifs is 1. The molecule has 3 N–H and O–H groups in total. The number of hydrogen-bond acceptors (Lipinski definition) is 3. The SMILES string of the molecule is Cc1ccc(Br)cc1NC(=O)c1ccc2[nH]c(=O)c(=O)[nH]c2c1. The Kier molecular flexibility index (Phi) is 3.87. The fraction of sp³-hybridized carbons (Fsp3) is 0.0625. The van der Waals surface area contributed by atoms with Gasteiger partial charge >= 0.3 is 11.1 Å². The topological polar surface area (TPSA) is 94.8 Å². The first-order valence-corrected chi connectivity index (χ1v) is 7.57. The van der Waals surface area contributed by atoms with Gasteiger partial charge in [-0.15, -0.1) is 0 Å². The van der Waals surface area contributed by atoms with E-state index in [2.05, 4.69) is 31.2 Å². The van der Waals surface area contributed by atoms with Crippen LogP contribution in [0.15, 0.2) is 50.5 Å². The quantitative estimate of drug-likeness (QED) is 0.602. The highest BCUT2D eigenvalue weighted by Crippen LogP contribution is 2.21. The van der Waals surface area contributed by atoms with Gasteiger partial charge in [-0.1, -0.05) is 22.0 Å². The summed E-state index contributed by atoms with van der Waals surface area (Å²) >= 11 is 3.37. The number of carbonyl (C=O) groups excluding carboxylic acids is 1. The van der Waals surface area contributed by atoms with Gasteiger partial charge in [-0.2, -0.15) is 0 Å². The molecule has 1 heterocycles. The number of aromatic nitrogens is 2. The van der Waals surface area contributed by atoms with Crippen molar-refractivity contribution in [3.8, 4) is 0 Å². The van der Waals surface area contributed by atoms with Crippen LogP contribution in [0, 0.1) is 6.92 Å². The maximum atomic E-state index is 12.4. The Hall–Kier alpha value is -2.67. The highest BCUT2D eigenvalue weighted by atomic mass is 79.9. The van der Waals surface area contributed by atoms with E-state index >= 15 is 0 Å². The standard InChI is InChI=1S/C16H12BrN3O3/c1-8-2-4-10(17)7-12(8)19-14(21)9-3-5-11-13(6-9)20-16(23)15(22)18-11/h2-7H,1H3,(H,18,22)(H,19,21)(H,20,23). The molecule has 1 aromatic heterocycles. The maximum Gasteiger partial charge on any atom is 0.314 e. The minimum Gasteiger partial charge on any atom is -0.322 e. The third-order valence-electron chi connectivity index (χ3n) is 3.43. The van der Waals surface area contributed by atoms with Gasteiger partial charge in [0.25, 0.3) is 5.91 Å². The summed E-state index contributed by atoms with van der Waals surface area (Å²) in [4.78, 5) is 39.9. The molecule has 3 aromatic rings. The van der Waals surface area contributed by atoms with Crippen LogP contribution in [-0.4, -0.2) is 15.9 Å². The molecule has 0 unspecified atom stereocenters. The summed E-state index contributed by atoms with van der Waals surface area (Å²) in [6.07, 6.45) is 0. The van der Waals surface area contributed by atoms with Gasteiger partial charge in [0.2, 0.25) is 0 Å². The molecule has 6 nitrogen and oxygen atoms in total. The van der Waals surface area contributed by atoms with Gasteiger partial charge in [-0.05, 0) is 42.8 Å². The van der Waals surface area contributed by atoms with Crippen molar-refractivity contribution in [1.29, 1.82) is 0 Å². The number of aromatic amines is 2. The second kappa shape index (κ2) is 5.85. The number of benzene rings is 2. The maximum absolute atomic E-state index is 12.4. The molecule has 0 aliphatic rings. The minimum absolute atomic E-state index is 0.305. The van der Waals surface area contributed by atoms with Crippen LogP contribution < -0.4 is 16.4 Å². The summed E-state index contributed by atoms with van der Waals surface area (Å²) in [5.74, 6) is -0.305. The van der Waals surface area contributed by atoms with Crippen LogP contribution in [0.3, 0.4) is 0 Å². The van der Waals surface area contributed by atoms with E-state index in [0.29, 0.717) is 22.3 Å². The van der Waals surface area contributed by atoms with Crippen molar-refractivity contribution in [3.05, 3.63) is 72.7 Å². The van der Waals surface area contributed by atoms with E-state index < -0.39 is 11.1 Å². The monoisotopic (exact) mass is 373 g/mol. The first-order chi connectivity index (χ1) is 10.9. The van der Waals surface area contributed by atoms with Crippen LogP contribution in [0.1, 0.15) is 15.9 Å². The molecule has 0 aliphatic carbocycles. The van der Waals surface area contributed by atoms with E-state index in [1.165, 1.54) is 6.07 Å². The molecule has 0 radical (unpaired) electrons. The van der Waals surface area contributed by atoms with Gasteiger partial charge in [0.15, 0.2) is 0 Å². The average Bonchev–Trinajstić information content (AvgIpc) is 2.51. The molecule has 0 atom stereocenters. The smallest absolute Gasteiger partial charge is 0.314 e. The van der Waals surface area contributed by atoms with Gasteiger partial charge in [0, 0.05) is 15.7 Å². The Morgan fingerprint density at radius 3 is 2.43 bits per heavy atom. The first kappa shape index (κ1) is 15.2. The number of rotatable bonds is 2. The molecule has 2 aromatic carbocycles. The first-order valence-electron chi connectivity index (χ1n) is 6.78. The number of nitrogens with one attached hydrogen (secondary N) is 3. The Morgan fingerprint density at radius 1 is 1.00 bits per heavy atom. The number of aryl methyl sites for hydroxylation is 1. The fourth-order valence-electron chi connectivity index (χ4n) is 2.18. The molecule has 0 spiro atoms. The van der Waals surface area contributed by atoms with Crippen LogP contribution in [0.2, 0.25) is 0 Å². The zero-order valence-corrected chi connectivity index (χ0v) is 13.7. The number of hydrogen-bond donors (Lipinski definition) is 3. The van der Waals surface area contributed by atoms with Crippen molar-refractivity contribution in [1.82, 2.24) is 9.97 Å². The molecule has 3 rings (SSSR count). The van der Waals surface area contributed by atoms with Crippen molar-refractivity contribution < 1.29 is 4.79 Å². The Labute approximate surface area is 138 Å². The zero-order valence-electron chi connectivity index (χ0n) is 12.1. The Morgan fingerprint density at radius 2 is 1.70 bits per heavy atom. The second-order valence-corrected chi connectivity index (χ2v) is 6.00. The summed E-state index contributed by atoms with van der Waals surface area (Å²) in [6, 6.07) is 10.3. The second-order valence-electron chi connectivity index (χ2n) is 5.08. The lowest BCUT2D eigenvalue weighted by Crippen LogP contribution is -2.29. The molecule has 0 bridgehead atoms. The van der Waals surface area contributed by atoms with Gasteiger partial charge in [-0.3, -0.25) is 14.4 Å². The van der Waals surface area contributed by atoms with E-state index in [-0.39, 0.29) is 5.91 Å². The lowest BCUT2D eigenvalue weighted by molar-refractivity contribution is 0.102. The van der Waals surface area contributed by atoms with Gasteiger partial charge < -0.3 is 15.3 Å². The third kappa shape index (κ3) is 3.09. The van der Waals surface area contributed by atoms with Crippen LogP contribution in [0.5, 0.6) is 0 Å². The number of amides is 1. The van der Waals surface area contributed by atoms with E-state index in [1.807, 2.05) is 25.1 Å². The normalized spacial score (nSPS) is 10.7. The lowest BCUT2D eigenvalue weighted by atomic mass is 10.1. The molecule has 23 heavy (non-hydrogen) atoms. The largest absolute Gasteiger partial charge is 0.322 e. The van der Waals surface area contributed by atoms with E-state index in [4.69, 9.17) is 0 Å². The molecule has 1 amide bonds. The van der Waals surface area contributed by atoms with Gasteiger partial charge in [0.05, 0.1) is 11.0 Å². The van der Waals surface area contributed by atoms with Crippen molar-refractivity contribution >= 4 is 38.6 Å². The van der Waals surface area contributed by atoms with E-state index in [1.54, 1.807) is 12.1 Å². The number of H-pyrrole nitrogens is 2. The van der Waals surface area contributed by atoms with Crippen LogP contribution in [0.25, 0.3) is 11.0 Å². The molecule has 0 aliphatic heterocycles. The number of anilines is 1. The summed E-state index contributed by atoms with van der Waals surface area (Å²) in [6.45, 7) is 1.89. The fourth-order valence-corrected chi connectivity index (χ4v) is 2.54. The molecule has 7 heteroatoms. The summed E-state index contributed by atoms with van der Waals surface area (Å²) in [5, 5.41) is 2.83. The number of halogens is 1. The lowest BCUT2D eigenvalue weighted by Gasteiger charge is -2.09. The molecule has 0 saturated heterocycles. The Balaban J connectivity index is 1.97. The Bertz CT molecular complexity index is 1040. The van der Waals surface area contributed by atoms with Crippen LogP contribution >= 0.6 is 15.9 Å². The van der Waals surface area contributed by atoms with Crippen LogP contribution in [0.4, 0.5) is 5.69 Å². The molecule has 0 fully saturated rings. The van der Waals surface area contributed by atoms with E-state index in [0.717, 1.165) is 10.0 Å². The zero-order chi connectivity index (χ0) is 16.6. The predicted octanol–water partition coefficient (Wildman–Crippen LogP) is 2.54.